The van der Waals surface area contributed by atoms with Gasteiger partial charge in [0.25, 0.3) is 0 Å². The molecule has 5 heteroatoms. The number of nitrogens with one attached hydrogen (secondary N) is 1. The van der Waals surface area contributed by atoms with Crippen molar-refractivity contribution in [2.75, 3.05) is 19.6 Å². The van der Waals surface area contributed by atoms with Gasteiger partial charge in [-0.25, -0.2) is 4.39 Å². The van der Waals surface area contributed by atoms with Gasteiger partial charge in [0.2, 0.25) is 5.91 Å². The number of benzene rings is 1. The van der Waals surface area contributed by atoms with Crippen LogP contribution in [0.3, 0.4) is 0 Å². The zero-order valence-corrected chi connectivity index (χ0v) is 14.5. The van der Waals surface area contributed by atoms with Gasteiger partial charge in [-0.05, 0) is 49.9 Å². The molecule has 3 N–H and O–H groups in total. The van der Waals surface area contributed by atoms with E-state index in [1.807, 2.05) is 12.1 Å². The molecule has 1 aromatic rings. The predicted octanol–water partition coefficient (Wildman–Crippen LogP) is 2.82. The molecule has 0 saturated carbocycles. The number of unbranched alkanes of at least 4 members (excludes halogenated alkanes) is 3. The first-order valence-electron chi connectivity index (χ1n) is 9.13. The lowest BCUT2D eigenvalue weighted by Gasteiger charge is -2.32. The van der Waals surface area contributed by atoms with Crippen LogP contribution in [-0.2, 0) is 11.3 Å². The minimum Gasteiger partial charge on any atom is -0.353 e. The number of likely N-dealkylation sites (tertiary alicyclic amines) is 1. The van der Waals surface area contributed by atoms with Gasteiger partial charge >= 0.3 is 0 Å². The highest BCUT2D eigenvalue weighted by Gasteiger charge is 2.20. The minimum atomic E-state index is -0.191. The number of carbonyl (C=O) groups excluding carboxylic acids is 1. The van der Waals surface area contributed by atoms with Gasteiger partial charge in [-0.15, -0.1) is 0 Å². The normalized spacial score (nSPS) is 16.2. The molecule has 0 aliphatic carbocycles. The van der Waals surface area contributed by atoms with Gasteiger partial charge in [-0.3, -0.25) is 9.69 Å². The van der Waals surface area contributed by atoms with Crippen molar-refractivity contribution in [1.29, 1.82) is 0 Å². The van der Waals surface area contributed by atoms with E-state index < -0.39 is 0 Å². The molecule has 1 aromatic carbocycles. The average Bonchev–Trinajstić information content (AvgIpc) is 2.58. The van der Waals surface area contributed by atoms with Crippen molar-refractivity contribution in [3.8, 4) is 0 Å². The van der Waals surface area contributed by atoms with Gasteiger partial charge in [0.15, 0.2) is 0 Å². The molecule has 1 fully saturated rings. The molecule has 1 saturated heterocycles. The second kappa shape index (κ2) is 10.4. The van der Waals surface area contributed by atoms with Crippen LogP contribution in [0.1, 0.15) is 50.5 Å². The van der Waals surface area contributed by atoms with Gasteiger partial charge in [-0.1, -0.05) is 25.0 Å². The van der Waals surface area contributed by atoms with E-state index in [2.05, 4.69) is 10.2 Å². The summed E-state index contributed by atoms with van der Waals surface area (Å²) in [5.74, 6) is -0.0112. The number of rotatable bonds is 9. The molecular weight excluding hydrogens is 305 g/mol. The fourth-order valence-corrected chi connectivity index (χ4v) is 3.17. The van der Waals surface area contributed by atoms with Gasteiger partial charge in [0, 0.05) is 32.1 Å². The van der Waals surface area contributed by atoms with Crippen LogP contribution >= 0.6 is 0 Å². The first-order valence-corrected chi connectivity index (χ1v) is 9.13. The number of nitrogens with two attached hydrogens (primary N) is 1. The molecule has 0 spiro atoms. The van der Waals surface area contributed by atoms with Crippen molar-refractivity contribution in [1.82, 2.24) is 10.2 Å². The molecule has 0 unspecified atom stereocenters. The maximum absolute atomic E-state index is 12.9. The zero-order valence-electron chi connectivity index (χ0n) is 14.5. The van der Waals surface area contributed by atoms with Crippen molar-refractivity contribution < 1.29 is 9.18 Å². The topological polar surface area (TPSA) is 58.4 Å². The SMILES string of the molecule is NCCCCCCC(=O)NC1CCN(Cc2ccc(F)cc2)CC1. The van der Waals surface area contributed by atoms with Crippen LogP contribution in [0.2, 0.25) is 0 Å². The number of halogens is 1. The lowest BCUT2D eigenvalue weighted by molar-refractivity contribution is -0.122. The molecule has 2 rings (SSSR count). The maximum Gasteiger partial charge on any atom is 0.220 e. The molecule has 0 aromatic heterocycles. The summed E-state index contributed by atoms with van der Waals surface area (Å²) < 4.78 is 12.9. The summed E-state index contributed by atoms with van der Waals surface area (Å²) in [7, 11) is 0. The van der Waals surface area contributed by atoms with Crippen molar-refractivity contribution in [3.63, 3.8) is 0 Å². The second-order valence-corrected chi connectivity index (χ2v) is 6.70. The van der Waals surface area contributed by atoms with Gasteiger partial charge in [-0.2, -0.15) is 0 Å². The van der Waals surface area contributed by atoms with Crippen LogP contribution in [0.4, 0.5) is 4.39 Å². The van der Waals surface area contributed by atoms with Crippen LogP contribution in [-0.4, -0.2) is 36.5 Å². The summed E-state index contributed by atoms with van der Waals surface area (Å²) >= 11 is 0. The van der Waals surface area contributed by atoms with Crippen LogP contribution in [0, 0.1) is 5.82 Å². The summed E-state index contributed by atoms with van der Waals surface area (Å²) in [4.78, 5) is 14.3. The predicted molar refractivity (Wildman–Crippen MR) is 95.0 cm³/mol. The molecule has 0 atom stereocenters. The first kappa shape index (κ1) is 18.9. The Morgan fingerprint density at radius 1 is 1.12 bits per heavy atom. The van der Waals surface area contributed by atoms with E-state index in [1.165, 1.54) is 12.1 Å². The van der Waals surface area contributed by atoms with Crippen LogP contribution in [0.5, 0.6) is 0 Å². The number of piperidine rings is 1. The molecule has 1 amide bonds. The van der Waals surface area contributed by atoms with E-state index in [-0.39, 0.29) is 11.7 Å². The van der Waals surface area contributed by atoms with E-state index in [1.54, 1.807) is 0 Å². The zero-order chi connectivity index (χ0) is 17.2. The highest BCUT2D eigenvalue weighted by molar-refractivity contribution is 5.76. The van der Waals surface area contributed by atoms with Gasteiger partial charge in [0.1, 0.15) is 5.82 Å². The fourth-order valence-electron chi connectivity index (χ4n) is 3.17. The number of nitrogens with zero attached hydrogens (tertiary/aromatic N) is 1. The molecule has 134 valence electrons. The Morgan fingerprint density at radius 3 is 2.46 bits per heavy atom. The summed E-state index contributed by atoms with van der Waals surface area (Å²) in [5.41, 5.74) is 6.60. The maximum atomic E-state index is 12.9. The summed E-state index contributed by atoms with van der Waals surface area (Å²) in [6, 6.07) is 7.00. The van der Waals surface area contributed by atoms with E-state index >= 15 is 0 Å². The summed E-state index contributed by atoms with van der Waals surface area (Å²) in [6.07, 6.45) is 6.80. The van der Waals surface area contributed by atoms with Crippen molar-refractivity contribution in [3.05, 3.63) is 35.6 Å². The Morgan fingerprint density at radius 2 is 1.79 bits per heavy atom. The van der Waals surface area contributed by atoms with Gasteiger partial charge in [0.05, 0.1) is 0 Å². The number of hydrogen-bond acceptors (Lipinski definition) is 3. The largest absolute Gasteiger partial charge is 0.353 e. The smallest absolute Gasteiger partial charge is 0.220 e. The minimum absolute atomic E-state index is 0.180. The molecule has 4 nitrogen and oxygen atoms in total. The van der Waals surface area contributed by atoms with Crippen molar-refractivity contribution >= 4 is 5.91 Å². The van der Waals surface area contributed by atoms with Crippen molar-refractivity contribution in [2.45, 2.75) is 57.5 Å². The number of amides is 1. The van der Waals surface area contributed by atoms with E-state index in [4.69, 9.17) is 5.73 Å². The molecule has 1 aliphatic rings. The lowest BCUT2D eigenvalue weighted by Crippen LogP contribution is -2.44. The van der Waals surface area contributed by atoms with E-state index in [0.717, 1.165) is 70.3 Å². The standard InChI is InChI=1S/C19H30FN3O/c20-17-8-6-16(7-9-17)15-23-13-10-18(11-14-23)22-19(24)5-3-1-2-4-12-21/h6-9,18H,1-5,10-15,21H2,(H,22,24). The average molecular weight is 335 g/mol. The quantitative estimate of drug-likeness (QED) is 0.682. The third-order valence-corrected chi connectivity index (χ3v) is 4.63. The monoisotopic (exact) mass is 335 g/mol. The lowest BCUT2D eigenvalue weighted by atomic mass is 10.0. The molecule has 1 aliphatic heterocycles. The Bertz CT molecular complexity index is 484. The Labute approximate surface area is 144 Å². The molecule has 1 heterocycles. The number of hydrogen-bond donors (Lipinski definition) is 2. The van der Waals surface area contributed by atoms with Gasteiger partial charge < -0.3 is 11.1 Å². The Hall–Kier alpha value is -1.46. The molecule has 24 heavy (non-hydrogen) atoms. The fraction of sp³-hybridized carbons (Fsp3) is 0.632. The Kier molecular flexibility index (Phi) is 8.19. The van der Waals surface area contributed by atoms with E-state index in [9.17, 15) is 9.18 Å². The third kappa shape index (κ3) is 6.97. The second-order valence-electron chi connectivity index (χ2n) is 6.70. The Balaban J connectivity index is 1.60. The summed E-state index contributed by atoms with van der Waals surface area (Å²) in [5, 5.41) is 3.16. The van der Waals surface area contributed by atoms with Crippen LogP contribution in [0.15, 0.2) is 24.3 Å². The highest BCUT2D eigenvalue weighted by Crippen LogP contribution is 2.15. The van der Waals surface area contributed by atoms with Crippen LogP contribution < -0.4 is 11.1 Å². The molecule has 0 bridgehead atoms. The van der Waals surface area contributed by atoms with Crippen LogP contribution in [0.25, 0.3) is 0 Å². The molecule has 0 radical (unpaired) electrons. The first-order chi connectivity index (χ1) is 11.7. The number of carbonyl (C=O) groups is 1. The van der Waals surface area contributed by atoms with E-state index in [0.29, 0.717) is 12.5 Å². The summed E-state index contributed by atoms with van der Waals surface area (Å²) in [6.45, 7) is 3.53. The molecular formula is C19H30FN3O. The third-order valence-electron chi connectivity index (χ3n) is 4.63. The highest BCUT2D eigenvalue weighted by atomic mass is 19.1. The van der Waals surface area contributed by atoms with Crippen molar-refractivity contribution in [2.24, 2.45) is 5.73 Å².